The Hall–Kier alpha value is -1.89. The van der Waals surface area contributed by atoms with Crippen molar-refractivity contribution in [2.24, 2.45) is 0 Å². The van der Waals surface area contributed by atoms with E-state index in [0.29, 0.717) is 12.1 Å². The van der Waals surface area contributed by atoms with Crippen molar-refractivity contribution in [3.05, 3.63) is 64.7 Å². The molecule has 136 valence electrons. The third kappa shape index (κ3) is 3.49. The van der Waals surface area contributed by atoms with E-state index in [4.69, 9.17) is 4.98 Å². The quantitative estimate of drug-likeness (QED) is 0.673. The molecule has 1 aliphatic heterocycles. The van der Waals surface area contributed by atoms with E-state index >= 15 is 0 Å². The molecule has 0 radical (unpaired) electrons. The minimum Gasteiger partial charge on any atom is -0.296 e. The molecule has 3 aromatic rings. The smallest absolute Gasteiger partial charge is 0.163 e. The number of aromatic nitrogens is 1. The topological polar surface area (TPSA) is 19.4 Å². The molecule has 1 saturated heterocycles. The van der Waals surface area contributed by atoms with E-state index < -0.39 is 11.6 Å². The Bertz CT molecular complexity index is 870. The number of fused-ring (bicyclic) bond motifs is 1. The van der Waals surface area contributed by atoms with Gasteiger partial charge in [-0.25, -0.2) is 13.8 Å². The summed E-state index contributed by atoms with van der Waals surface area (Å²) in [5.74, 6) is -1.50. The summed E-state index contributed by atoms with van der Waals surface area (Å²) in [6.07, 6.45) is 0. The van der Waals surface area contributed by atoms with E-state index in [9.17, 15) is 8.78 Å². The van der Waals surface area contributed by atoms with Crippen LogP contribution in [-0.2, 0) is 6.54 Å². The second-order valence-corrected chi connectivity index (χ2v) is 7.78. The van der Waals surface area contributed by atoms with Gasteiger partial charge in [-0.3, -0.25) is 9.80 Å². The predicted molar refractivity (Wildman–Crippen MR) is 101 cm³/mol. The highest BCUT2D eigenvalue weighted by Gasteiger charge is 2.24. The SMILES string of the molecule is C[C@H](c1nc2ccccc2s1)N1CCN(Cc2cccc(F)c2F)CC1. The van der Waals surface area contributed by atoms with Crippen molar-refractivity contribution in [3.8, 4) is 0 Å². The average Bonchev–Trinajstić information content (AvgIpc) is 3.10. The molecule has 0 saturated carbocycles. The summed E-state index contributed by atoms with van der Waals surface area (Å²) < 4.78 is 28.5. The lowest BCUT2D eigenvalue weighted by Crippen LogP contribution is -2.46. The maximum absolute atomic E-state index is 13.9. The van der Waals surface area contributed by atoms with Gasteiger partial charge in [0.05, 0.1) is 16.3 Å². The Balaban J connectivity index is 1.39. The van der Waals surface area contributed by atoms with Crippen molar-refractivity contribution in [1.29, 1.82) is 0 Å². The van der Waals surface area contributed by atoms with Crippen LogP contribution in [0.2, 0.25) is 0 Å². The van der Waals surface area contributed by atoms with Crippen LogP contribution in [0.4, 0.5) is 8.78 Å². The highest BCUT2D eigenvalue weighted by molar-refractivity contribution is 7.18. The van der Waals surface area contributed by atoms with Gasteiger partial charge in [0.2, 0.25) is 0 Å². The van der Waals surface area contributed by atoms with Crippen molar-refractivity contribution in [2.45, 2.75) is 19.5 Å². The van der Waals surface area contributed by atoms with Crippen molar-refractivity contribution >= 4 is 21.6 Å². The fourth-order valence-corrected chi connectivity index (χ4v) is 4.50. The van der Waals surface area contributed by atoms with Gasteiger partial charge in [0.15, 0.2) is 11.6 Å². The van der Waals surface area contributed by atoms with Crippen molar-refractivity contribution in [2.75, 3.05) is 26.2 Å². The largest absolute Gasteiger partial charge is 0.296 e. The summed E-state index contributed by atoms with van der Waals surface area (Å²) in [7, 11) is 0. The predicted octanol–water partition coefficient (Wildman–Crippen LogP) is 4.45. The Kier molecular flexibility index (Phi) is 4.98. The van der Waals surface area contributed by atoms with Gasteiger partial charge in [-0.2, -0.15) is 0 Å². The number of rotatable bonds is 4. The molecular formula is C20H21F2N3S. The normalized spacial score (nSPS) is 17.7. The number of hydrogen-bond acceptors (Lipinski definition) is 4. The van der Waals surface area contributed by atoms with Crippen LogP contribution in [0.15, 0.2) is 42.5 Å². The fraction of sp³-hybridized carbons (Fsp3) is 0.350. The molecule has 1 atom stereocenters. The molecule has 26 heavy (non-hydrogen) atoms. The van der Waals surface area contributed by atoms with Crippen LogP contribution in [0, 0.1) is 11.6 Å². The van der Waals surface area contributed by atoms with Gasteiger partial charge in [0.25, 0.3) is 0 Å². The first-order valence-corrected chi connectivity index (χ1v) is 9.68. The van der Waals surface area contributed by atoms with Gasteiger partial charge >= 0.3 is 0 Å². The molecular weight excluding hydrogens is 352 g/mol. The number of para-hydroxylation sites is 1. The van der Waals surface area contributed by atoms with E-state index in [1.807, 2.05) is 18.2 Å². The standard InChI is InChI=1S/C20H21F2N3S/c1-14(20-23-17-7-2-3-8-18(17)26-20)25-11-9-24(10-12-25)13-15-5-4-6-16(21)19(15)22/h2-8,14H,9-13H2,1H3/t14-/m1/s1. The lowest BCUT2D eigenvalue weighted by atomic mass is 10.1. The van der Waals surface area contributed by atoms with E-state index in [0.717, 1.165) is 42.8 Å². The van der Waals surface area contributed by atoms with Crippen LogP contribution < -0.4 is 0 Å². The molecule has 0 amide bonds. The molecule has 6 heteroatoms. The Labute approximate surface area is 155 Å². The van der Waals surface area contributed by atoms with Gasteiger partial charge in [-0.15, -0.1) is 11.3 Å². The van der Waals surface area contributed by atoms with E-state index in [1.54, 1.807) is 23.5 Å². The summed E-state index contributed by atoms with van der Waals surface area (Å²) in [6.45, 7) is 6.12. The van der Waals surface area contributed by atoms with E-state index in [2.05, 4.69) is 22.8 Å². The molecule has 0 N–H and O–H groups in total. The third-order valence-corrected chi connectivity index (χ3v) is 6.25. The summed E-state index contributed by atoms with van der Waals surface area (Å²) in [6, 6.07) is 12.9. The number of nitrogens with zero attached hydrogens (tertiary/aromatic N) is 3. The molecule has 0 spiro atoms. The number of halogens is 2. The molecule has 0 aliphatic carbocycles. The van der Waals surface area contributed by atoms with Crippen LogP contribution in [0.1, 0.15) is 23.5 Å². The van der Waals surface area contributed by atoms with Crippen LogP contribution in [-0.4, -0.2) is 41.0 Å². The van der Waals surface area contributed by atoms with Crippen LogP contribution in [0.25, 0.3) is 10.2 Å². The van der Waals surface area contributed by atoms with E-state index in [-0.39, 0.29) is 6.04 Å². The Morgan fingerprint density at radius 1 is 1.04 bits per heavy atom. The Morgan fingerprint density at radius 3 is 2.58 bits per heavy atom. The second-order valence-electron chi connectivity index (χ2n) is 6.72. The van der Waals surface area contributed by atoms with Gasteiger partial charge < -0.3 is 0 Å². The molecule has 0 unspecified atom stereocenters. The summed E-state index contributed by atoms with van der Waals surface area (Å²) in [4.78, 5) is 9.36. The zero-order valence-corrected chi connectivity index (χ0v) is 15.5. The number of piperazine rings is 1. The lowest BCUT2D eigenvalue weighted by Gasteiger charge is -2.37. The summed E-state index contributed by atoms with van der Waals surface area (Å²) in [5, 5.41) is 1.14. The minimum atomic E-state index is -0.773. The molecule has 2 aromatic carbocycles. The summed E-state index contributed by atoms with van der Waals surface area (Å²) in [5.41, 5.74) is 1.48. The molecule has 4 rings (SSSR count). The highest BCUT2D eigenvalue weighted by atomic mass is 32.1. The van der Waals surface area contributed by atoms with Crippen molar-refractivity contribution in [1.82, 2.24) is 14.8 Å². The maximum Gasteiger partial charge on any atom is 0.163 e. The first kappa shape index (κ1) is 17.5. The maximum atomic E-state index is 13.9. The molecule has 1 aliphatic rings. The van der Waals surface area contributed by atoms with Crippen LogP contribution in [0.5, 0.6) is 0 Å². The molecule has 1 aromatic heterocycles. The third-order valence-electron chi connectivity index (χ3n) is 5.05. The van der Waals surface area contributed by atoms with Crippen molar-refractivity contribution < 1.29 is 8.78 Å². The number of benzene rings is 2. The highest BCUT2D eigenvalue weighted by Crippen LogP contribution is 2.30. The molecule has 1 fully saturated rings. The van der Waals surface area contributed by atoms with Crippen LogP contribution >= 0.6 is 11.3 Å². The molecule has 2 heterocycles. The molecule has 0 bridgehead atoms. The zero-order chi connectivity index (χ0) is 18.1. The minimum absolute atomic E-state index is 0.264. The average molecular weight is 373 g/mol. The van der Waals surface area contributed by atoms with Gasteiger partial charge in [-0.05, 0) is 25.1 Å². The second kappa shape index (κ2) is 7.39. The van der Waals surface area contributed by atoms with Crippen LogP contribution in [0.3, 0.4) is 0 Å². The molecule has 3 nitrogen and oxygen atoms in total. The van der Waals surface area contributed by atoms with Crippen molar-refractivity contribution in [3.63, 3.8) is 0 Å². The monoisotopic (exact) mass is 373 g/mol. The van der Waals surface area contributed by atoms with Gasteiger partial charge in [0, 0.05) is 38.3 Å². The number of thiazole rings is 1. The first-order valence-electron chi connectivity index (χ1n) is 8.86. The lowest BCUT2D eigenvalue weighted by molar-refractivity contribution is 0.0969. The zero-order valence-electron chi connectivity index (χ0n) is 14.7. The first-order chi connectivity index (χ1) is 12.6. The van der Waals surface area contributed by atoms with E-state index in [1.165, 1.54) is 4.70 Å². The Morgan fingerprint density at radius 2 is 1.81 bits per heavy atom. The van der Waals surface area contributed by atoms with Gasteiger partial charge in [0.1, 0.15) is 5.01 Å². The number of hydrogen-bond donors (Lipinski definition) is 0. The summed E-state index contributed by atoms with van der Waals surface area (Å²) >= 11 is 1.75. The van der Waals surface area contributed by atoms with Gasteiger partial charge in [-0.1, -0.05) is 24.3 Å². The fourth-order valence-electron chi connectivity index (χ4n) is 3.45.